The van der Waals surface area contributed by atoms with Crippen LogP contribution < -0.4 is 5.32 Å². The zero-order valence-corrected chi connectivity index (χ0v) is 9.43. The highest BCUT2D eigenvalue weighted by Crippen LogP contribution is 2.31. The average Bonchev–Trinajstić information content (AvgIpc) is 2.70. The number of rotatable bonds is 2. The van der Waals surface area contributed by atoms with Gasteiger partial charge < -0.3 is 5.32 Å². The number of benzene rings is 1. The van der Waals surface area contributed by atoms with Crippen molar-refractivity contribution in [2.75, 3.05) is 6.54 Å². The first-order valence-electron chi connectivity index (χ1n) is 4.91. The third-order valence-corrected chi connectivity index (χ3v) is 3.38. The van der Waals surface area contributed by atoms with Gasteiger partial charge in [-0.25, -0.2) is 4.39 Å². The van der Waals surface area contributed by atoms with Gasteiger partial charge in [-0.2, -0.15) is 0 Å². The molecule has 0 radical (unpaired) electrons. The Balaban J connectivity index is 2.17. The van der Waals surface area contributed by atoms with Crippen molar-refractivity contribution in [2.45, 2.75) is 25.1 Å². The van der Waals surface area contributed by atoms with Crippen molar-refractivity contribution in [3.05, 3.63) is 34.3 Å². The van der Waals surface area contributed by atoms with Gasteiger partial charge in [0.2, 0.25) is 0 Å². The SMILES string of the molecule is FC(c1ccccc1Br)C1CCCN1. The van der Waals surface area contributed by atoms with E-state index in [1.165, 1.54) is 0 Å². The van der Waals surface area contributed by atoms with Gasteiger partial charge in [0.25, 0.3) is 0 Å². The first kappa shape index (κ1) is 10.1. The Kier molecular flexibility index (Phi) is 3.19. The molecule has 3 heteroatoms. The summed E-state index contributed by atoms with van der Waals surface area (Å²) in [7, 11) is 0. The van der Waals surface area contributed by atoms with Crippen LogP contribution in [0.1, 0.15) is 24.6 Å². The predicted octanol–water partition coefficient (Wildman–Crippen LogP) is 3.21. The zero-order valence-electron chi connectivity index (χ0n) is 7.84. The first-order chi connectivity index (χ1) is 6.79. The quantitative estimate of drug-likeness (QED) is 0.858. The molecule has 0 aromatic heterocycles. The Labute approximate surface area is 91.8 Å². The fourth-order valence-electron chi connectivity index (χ4n) is 1.88. The van der Waals surface area contributed by atoms with Gasteiger partial charge in [-0.3, -0.25) is 0 Å². The molecule has 0 aliphatic carbocycles. The van der Waals surface area contributed by atoms with E-state index in [-0.39, 0.29) is 6.04 Å². The zero-order chi connectivity index (χ0) is 9.97. The van der Waals surface area contributed by atoms with Crippen molar-refractivity contribution in [1.82, 2.24) is 5.32 Å². The number of nitrogens with one attached hydrogen (secondary N) is 1. The second kappa shape index (κ2) is 4.41. The largest absolute Gasteiger partial charge is 0.311 e. The van der Waals surface area contributed by atoms with Crippen molar-refractivity contribution in [2.24, 2.45) is 0 Å². The van der Waals surface area contributed by atoms with Gasteiger partial charge in [0.15, 0.2) is 0 Å². The van der Waals surface area contributed by atoms with Crippen molar-refractivity contribution in [3.63, 3.8) is 0 Å². The van der Waals surface area contributed by atoms with E-state index >= 15 is 0 Å². The fourth-order valence-corrected chi connectivity index (χ4v) is 2.38. The molecule has 1 saturated heterocycles. The van der Waals surface area contributed by atoms with Gasteiger partial charge >= 0.3 is 0 Å². The second-order valence-electron chi connectivity index (χ2n) is 3.63. The summed E-state index contributed by atoms with van der Waals surface area (Å²) in [6, 6.07) is 7.50. The minimum atomic E-state index is -0.895. The minimum absolute atomic E-state index is 0.00583. The Morgan fingerprint density at radius 1 is 1.43 bits per heavy atom. The second-order valence-corrected chi connectivity index (χ2v) is 4.48. The molecule has 2 rings (SSSR count). The number of hydrogen-bond donors (Lipinski definition) is 1. The highest BCUT2D eigenvalue weighted by molar-refractivity contribution is 9.10. The third-order valence-electron chi connectivity index (χ3n) is 2.65. The molecule has 76 valence electrons. The lowest BCUT2D eigenvalue weighted by Gasteiger charge is -2.17. The van der Waals surface area contributed by atoms with Crippen molar-refractivity contribution in [3.8, 4) is 0 Å². The third kappa shape index (κ3) is 1.98. The summed E-state index contributed by atoms with van der Waals surface area (Å²) < 4.78 is 14.9. The molecule has 0 saturated carbocycles. The Bertz CT molecular complexity index is 310. The molecule has 1 nitrogen and oxygen atoms in total. The minimum Gasteiger partial charge on any atom is -0.311 e. The Morgan fingerprint density at radius 3 is 2.86 bits per heavy atom. The van der Waals surface area contributed by atoms with Crippen molar-refractivity contribution >= 4 is 15.9 Å². The highest BCUT2D eigenvalue weighted by Gasteiger charge is 2.26. The molecule has 1 aromatic rings. The number of hydrogen-bond acceptors (Lipinski definition) is 1. The predicted molar refractivity (Wildman–Crippen MR) is 59.0 cm³/mol. The van der Waals surface area contributed by atoms with E-state index in [0.717, 1.165) is 29.4 Å². The summed E-state index contributed by atoms with van der Waals surface area (Å²) in [5.41, 5.74) is 0.756. The summed E-state index contributed by atoms with van der Waals surface area (Å²) in [6.45, 7) is 0.940. The maximum atomic E-state index is 14.0. The Morgan fingerprint density at radius 2 is 2.21 bits per heavy atom. The summed E-state index contributed by atoms with van der Waals surface area (Å²) in [5.74, 6) is 0. The summed E-state index contributed by atoms with van der Waals surface area (Å²) >= 11 is 3.38. The van der Waals surface area contributed by atoms with Gasteiger partial charge in [0, 0.05) is 16.1 Å². The van der Waals surface area contributed by atoms with Gasteiger partial charge in [-0.1, -0.05) is 34.1 Å². The van der Waals surface area contributed by atoms with Crippen LogP contribution in [0.4, 0.5) is 4.39 Å². The summed E-state index contributed by atoms with van der Waals surface area (Å²) in [6.07, 6.45) is 1.12. The van der Waals surface area contributed by atoms with Crippen LogP contribution in [0.15, 0.2) is 28.7 Å². The summed E-state index contributed by atoms with van der Waals surface area (Å²) in [5, 5.41) is 3.19. The molecule has 0 spiro atoms. The average molecular weight is 258 g/mol. The fraction of sp³-hybridized carbons (Fsp3) is 0.455. The smallest absolute Gasteiger partial charge is 0.141 e. The first-order valence-corrected chi connectivity index (χ1v) is 5.70. The normalized spacial score (nSPS) is 23.7. The van der Waals surface area contributed by atoms with Crippen LogP contribution in [0.3, 0.4) is 0 Å². The maximum Gasteiger partial charge on any atom is 0.141 e. The molecule has 1 aliphatic heterocycles. The van der Waals surface area contributed by atoms with E-state index in [2.05, 4.69) is 21.2 Å². The van der Waals surface area contributed by atoms with Crippen LogP contribution in [0.5, 0.6) is 0 Å². The maximum absolute atomic E-state index is 14.0. The molecule has 0 bridgehead atoms. The molecule has 2 atom stereocenters. The lowest BCUT2D eigenvalue weighted by molar-refractivity contribution is 0.270. The van der Waals surface area contributed by atoms with Gasteiger partial charge in [-0.15, -0.1) is 0 Å². The van der Waals surface area contributed by atoms with E-state index in [4.69, 9.17) is 0 Å². The van der Waals surface area contributed by atoms with E-state index < -0.39 is 6.17 Å². The van der Waals surface area contributed by atoms with Crippen LogP contribution in [0, 0.1) is 0 Å². The van der Waals surface area contributed by atoms with Crippen LogP contribution in [-0.2, 0) is 0 Å². The van der Waals surface area contributed by atoms with Crippen LogP contribution in [0.25, 0.3) is 0 Å². The van der Waals surface area contributed by atoms with Crippen LogP contribution in [-0.4, -0.2) is 12.6 Å². The standard InChI is InChI=1S/C11H13BrFN/c12-9-5-2-1-4-8(9)11(13)10-6-3-7-14-10/h1-2,4-5,10-11,14H,3,6-7H2. The topological polar surface area (TPSA) is 12.0 Å². The van der Waals surface area contributed by atoms with E-state index in [0.29, 0.717) is 0 Å². The molecular weight excluding hydrogens is 245 g/mol. The molecule has 1 heterocycles. The number of alkyl halides is 1. The lowest BCUT2D eigenvalue weighted by Crippen LogP contribution is -2.26. The van der Waals surface area contributed by atoms with Crippen LogP contribution in [0.2, 0.25) is 0 Å². The summed E-state index contributed by atoms with van der Waals surface area (Å²) in [4.78, 5) is 0. The molecule has 1 aliphatic rings. The molecule has 0 amide bonds. The molecule has 2 unspecified atom stereocenters. The van der Waals surface area contributed by atoms with E-state index in [9.17, 15) is 4.39 Å². The van der Waals surface area contributed by atoms with Gasteiger partial charge in [-0.05, 0) is 25.5 Å². The number of halogens is 2. The monoisotopic (exact) mass is 257 g/mol. The van der Waals surface area contributed by atoms with Crippen molar-refractivity contribution in [1.29, 1.82) is 0 Å². The molecule has 1 fully saturated rings. The van der Waals surface area contributed by atoms with Crippen molar-refractivity contribution < 1.29 is 4.39 Å². The highest BCUT2D eigenvalue weighted by atomic mass is 79.9. The van der Waals surface area contributed by atoms with Crippen LogP contribution >= 0.6 is 15.9 Å². The van der Waals surface area contributed by atoms with Gasteiger partial charge in [0.05, 0.1) is 0 Å². The van der Waals surface area contributed by atoms with E-state index in [1.807, 2.05) is 24.3 Å². The molecule has 1 N–H and O–H groups in total. The Hall–Kier alpha value is -0.410. The molecule has 14 heavy (non-hydrogen) atoms. The lowest BCUT2D eigenvalue weighted by atomic mass is 10.0. The molecular formula is C11H13BrFN. The van der Waals surface area contributed by atoms with E-state index in [1.54, 1.807) is 0 Å². The van der Waals surface area contributed by atoms with Gasteiger partial charge in [0.1, 0.15) is 6.17 Å². The molecule has 1 aromatic carbocycles.